The van der Waals surface area contributed by atoms with Crippen LogP contribution in [-0.4, -0.2) is 25.7 Å². The normalized spacial score (nSPS) is 17.0. The van der Waals surface area contributed by atoms with Gasteiger partial charge in [-0.3, -0.25) is 0 Å². The van der Waals surface area contributed by atoms with Crippen molar-refractivity contribution in [3.8, 4) is 6.07 Å². The fourth-order valence-electron chi connectivity index (χ4n) is 3.33. The second-order valence-corrected chi connectivity index (χ2v) is 6.44. The largest absolute Gasteiger partial charge is 0.377 e. The molecule has 0 aliphatic carbocycles. The van der Waals surface area contributed by atoms with Gasteiger partial charge >= 0.3 is 0 Å². The molecular weight excluding hydrogens is 322 g/mol. The number of nitrogens with zero attached hydrogens (tertiary/aromatic N) is 2. The number of nitrogens with two attached hydrogens (primary N) is 1. The average Bonchev–Trinajstić information content (AvgIpc) is 3.16. The van der Waals surface area contributed by atoms with Crippen LogP contribution in [0.4, 0.5) is 5.69 Å². The van der Waals surface area contributed by atoms with Gasteiger partial charge < -0.3 is 15.4 Å². The molecule has 1 heterocycles. The molecule has 0 radical (unpaired) electrons. The Morgan fingerprint density at radius 1 is 1.35 bits per heavy atom. The van der Waals surface area contributed by atoms with Gasteiger partial charge in [0.15, 0.2) is 0 Å². The molecular formula is C22H27N3O. The summed E-state index contributed by atoms with van der Waals surface area (Å²) >= 11 is 0. The van der Waals surface area contributed by atoms with Gasteiger partial charge in [0.05, 0.1) is 17.9 Å². The van der Waals surface area contributed by atoms with Crippen LogP contribution in [0.3, 0.4) is 0 Å². The number of ether oxygens (including phenoxy) is 1. The lowest BCUT2D eigenvalue weighted by Crippen LogP contribution is -2.23. The maximum absolute atomic E-state index is 9.66. The number of benzene rings is 2. The summed E-state index contributed by atoms with van der Waals surface area (Å²) in [7, 11) is 0. The molecule has 0 amide bonds. The lowest BCUT2D eigenvalue weighted by molar-refractivity contribution is 0.119. The van der Waals surface area contributed by atoms with Gasteiger partial charge in [-0.15, -0.1) is 0 Å². The van der Waals surface area contributed by atoms with E-state index in [1.54, 1.807) is 6.07 Å². The molecule has 0 aromatic heterocycles. The highest BCUT2D eigenvalue weighted by Crippen LogP contribution is 2.33. The Bertz CT molecular complexity index is 899. The van der Waals surface area contributed by atoms with E-state index in [1.807, 2.05) is 30.3 Å². The van der Waals surface area contributed by atoms with E-state index in [9.17, 15) is 5.26 Å². The molecule has 0 bridgehead atoms. The zero-order chi connectivity index (χ0) is 21.7. The summed E-state index contributed by atoms with van der Waals surface area (Å²) in [6, 6.07) is 14.2. The van der Waals surface area contributed by atoms with Gasteiger partial charge in [0.1, 0.15) is 6.07 Å². The molecule has 0 fully saturated rings. The Morgan fingerprint density at radius 2 is 2.19 bits per heavy atom. The molecule has 0 saturated carbocycles. The van der Waals surface area contributed by atoms with E-state index in [1.165, 1.54) is 6.07 Å². The fourth-order valence-corrected chi connectivity index (χ4v) is 3.33. The number of nitriles is 1. The molecule has 1 aliphatic heterocycles. The van der Waals surface area contributed by atoms with E-state index in [0.717, 1.165) is 42.7 Å². The SMILES string of the molecule is [2H]C([2H])C(N)C([2H])([2H])c1cc(C#N)c2c(c1)CCN2CCCOCc1ccccc1. The van der Waals surface area contributed by atoms with Crippen LogP contribution in [0.2, 0.25) is 0 Å². The summed E-state index contributed by atoms with van der Waals surface area (Å²) < 4.78 is 37.2. The van der Waals surface area contributed by atoms with Crippen molar-refractivity contribution >= 4 is 5.69 Å². The van der Waals surface area contributed by atoms with E-state index >= 15 is 0 Å². The topological polar surface area (TPSA) is 62.3 Å². The number of hydrogen-bond acceptors (Lipinski definition) is 4. The maximum Gasteiger partial charge on any atom is 0.101 e. The van der Waals surface area contributed by atoms with E-state index in [-0.39, 0.29) is 5.56 Å². The number of rotatable bonds is 8. The van der Waals surface area contributed by atoms with Crippen molar-refractivity contribution in [2.45, 2.75) is 38.7 Å². The summed E-state index contributed by atoms with van der Waals surface area (Å²) in [5.41, 5.74) is 9.35. The lowest BCUT2D eigenvalue weighted by Gasteiger charge is -2.21. The first-order valence-corrected chi connectivity index (χ1v) is 8.88. The first-order valence-electron chi connectivity index (χ1n) is 11.0. The van der Waals surface area contributed by atoms with Crippen LogP contribution in [0.15, 0.2) is 42.5 Å². The second kappa shape index (κ2) is 8.84. The smallest absolute Gasteiger partial charge is 0.101 e. The third-order valence-electron chi connectivity index (χ3n) is 4.44. The molecule has 3 rings (SSSR count). The molecule has 1 atom stereocenters. The van der Waals surface area contributed by atoms with Crippen LogP contribution in [0.5, 0.6) is 0 Å². The van der Waals surface area contributed by atoms with Crippen molar-refractivity contribution in [3.63, 3.8) is 0 Å². The second-order valence-electron chi connectivity index (χ2n) is 6.44. The Labute approximate surface area is 161 Å². The quantitative estimate of drug-likeness (QED) is 0.739. The standard InChI is InChI=1S/C22H27N3O/c1-17(24)12-19-13-20-8-10-25(22(20)21(14-19)15-23)9-5-11-26-16-18-6-3-2-4-7-18/h2-4,6-7,13-14,17H,5,8-12,16,24H2,1H3/i1D2,12D2. The molecule has 0 saturated heterocycles. The van der Waals surface area contributed by atoms with Crippen LogP contribution in [0.25, 0.3) is 0 Å². The minimum absolute atomic E-state index is 0.267. The maximum atomic E-state index is 9.66. The summed E-state index contributed by atoms with van der Waals surface area (Å²) in [6.45, 7) is 1.22. The zero-order valence-corrected chi connectivity index (χ0v) is 14.8. The Kier molecular flexibility index (Phi) is 4.69. The van der Waals surface area contributed by atoms with Crippen LogP contribution in [0.1, 0.15) is 41.0 Å². The average molecular weight is 354 g/mol. The Hall–Kier alpha value is -2.35. The van der Waals surface area contributed by atoms with Gasteiger partial charge in [0.25, 0.3) is 0 Å². The van der Waals surface area contributed by atoms with Crippen molar-refractivity contribution in [2.75, 3.05) is 24.6 Å². The van der Waals surface area contributed by atoms with Crippen LogP contribution < -0.4 is 10.6 Å². The van der Waals surface area contributed by atoms with Gasteiger partial charge in [-0.25, -0.2) is 0 Å². The zero-order valence-electron chi connectivity index (χ0n) is 18.8. The summed E-state index contributed by atoms with van der Waals surface area (Å²) in [5.74, 6) is 0. The molecule has 2 aromatic carbocycles. The van der Waals surface area contributed by atoms with Gasteiger partial charge in [0, 0.05) is 31.2 Å². The lowest BCUT2D eigenvalue weighted by atomic mass is 9.99. The predicted molar refractivity (Wildman–Crippen MR) is 105 cm³/mol. The third kappa shape index (κ3) is 4.63. The van der Waals surface area contributed by atoms with Crippen molar-refractivity contribution in [2.24, 2.45) is 5.73 Å². The molecule has 4 heteroatoms. The molecule has 0 spiro atoms. The molecule has 4 nitrogen and oxygen atoms in total. The van der Waals surface area contributed by atoms with Gasteiger partial charge in [-0.05, 0) is 48.8 Å². The van der Waals surface area contributed by atoms with E-state index < -0.39 is 19.3 Å². The minimum atomic E-state index is -2.05. The summed E-state index contributed by atoms with van der Waals surface area (Å²) in [5, 5.41) is 9.66. The molecule has 26 heavy (non-hydrogen) atoms. The summed E-state index contributed by atoms with van der Waals surface area (Å²) in [4.78, 5) is 2.15. The third-order valence-corrected chi connectivity index (χ3v) is 4.44. The van der Waals surface area contributed by atoms with Gasteiger partial charge in [0.2, 0.25) is 0 Å². The van der Waals surface area contributed by atoms with Crippen LogP contribution >= 0.6 is 0 Å². The van der Waals surface area contributed by atoms with Gasteiger partial charge in [-0.1, -0.05) is 36.4 Å². The highest BCUT2D eigenvalue weighted by molar-refractivity contribution is 5.68. The molecule has 2 N–H and O–H groups in total. The monoisotopic (exact) mass is 353 g/mol. The van der Waals surface area contributed by atoms with Crippen LogP contribution in [0, 0.1) is 11.3 Å². The molecule has 1 aliphatic rings. The van der Waals surface area contributed by atoms with E-state index in [2.05, 4.69) is 11.0 Å². The molecule has 136 valence electrons. The van der Waals surface area contributed by atoms with Crippen LogP contribution in [-0.2, 0) is 24.1 Å². The molecule has 2 aromatic rings. The van der Waals surface area contributed by atoms with Gasteiger partial charge in [-0.2, -0.15) is 5.26 Å². The highest BCUT2D eigenvalue weighted by Gasteiger charge is 2.23. The van der Waals surface area contributed by atoms with E-state index in [4.69, 9.17) is 16.0 Å². The van der Waals surface area contributed by atoms with Crippen molar-refractivity contribution in [3.05, 3.63) is 64.7 Å². The van der Waals surface area contributed by atoms with Crippen molar-refractivity contribution < 1.29 is 10.2 Å². The highest BCUT2D eigenvalue weighted by atomic mass is 16.5. The summed E-state index contributed by atoms with van der Waals surface area (Å²) in [6.07, 6.45) is -0.503. The minimum Gasteiger partial charge on any atom is -0.377 e. The molecule has 1 unspecified atom stereocenters. The Morgan fingerprint density at radius 3 is 2.96 bits per heavy atom. The number of hydrogen-bond donors (Lipinski definition) is 1. The predicted octanol–water partition coefficient (Wildman–Crippen LogP) is 3.42. The van der Waals surface area contributed by atoms with Crippen molar-refractivity contribution in [1.82, 2.24) is 0 Å². The van der Waals surface area contributed by atoms with E-state index in [0.29, 0.717) is 18.8 Å². The number of anilines is 1. The Balaban J connectivity index is 1.65. The first-order chi connectivity index (χ1) is 14.3. The first kappa shape index (κ1) is 13.8. The fraction of sp³-hybridized carbons (Fsp3) is 0.409. The number of fused-ring (bicyclic) bond motifs is 1. The van der Waals surface area contributed by atoms with Crippen molar-refractivity contribution in [1.29, 1.82) is 5.26 Å².